The Kier molecular flexibility index (Phi) is 6.25. The molecule has 0 saturated carbocycles. The molecule has 148 valence electrons. The van der Waals surface area contributed by atoms with Gasteiger partial charge in [0.15, 0.2) is 0 Å². The lowest BCUT2D eigenvalue weighted by Gasteiger charge is -2.06. The van der Waals surface area contributed by atoms with Gasteiger partial charge < -0.3 is 4.74 Å². The Hall–Kier alpha value is -4.38. The zero-order chi connectivity index (χ0) is 21.5. The molecule has 30 heavy (non-hydrogen) atoms. The topological polar surface area (TPSA) is 91.6 Å². The van der Waals surface area contributed by atoms with E-state index in [0.717, 1.165) is 18.2 Å². The first-order chi connectivity index (χ1) is 14.5. The summed E-state index contributed by atoms with van der Waals surface area (Å²) in [5.41, 5.74) is 2.93. The third-order valence-corrected chi connectivity index (χ3v) is 3.91. The maximum absolute atomic E-state index is 13.6. The molecule has 3 aromatic carbocycles. The van der Waals surface area contributed by atoms with Crippen molar-refractivity contribution in [2.24, 2.45) is 5.10 Å². The number of nitrogens with one attached hydrogen (secondary N) is 1. The van der Waals surface area contributed by atoms with Crippen molar-refractivity contribution in [2.45, 2.75) is 0 Å². The van der Waals surface area contributed by atoms with E-state index in [1.165, 1.54) is 54.7 Å². The van der Waals surface area contributed by atoms with Crippen molar-refractivity contribution >= 4 is 18.1 Å². The molecule has 0 aliphatic carbocycles. The predicted octanol–water partition coefficient (Wildman–Crippen LogP) is 3.82. The zero-order valence-electron chi connectivity index (χ0n) is 15.3. The molecule has 0 saturated heterocycles. The molecule has 6 nitrogen and oxygen atoms in total. The lowest BCUT2D eigenvalue weighted by Crippen LogP contribution is -2.17. The summed E-state index contributed by atoms with van der Waals surface area (Å²) < 4.78 is 32.2. The zero-order valence-corrected chi connectivity index (χ0v) is 15.3. The first-order valence-electron chi connectivity index (χ1n) is 8.58. The first-order valence-corrected chi connectivity index (χ1v) is 8.58. The largest absolute Gasteiger partial charge is 0.423 e. The maximum atomic E-state index is 13.6. The van der Waals surface area contributed by atoms with Crippen LogP contribution < -0.4 is 10.2 Å². The molecule has 0 spiro atoms. The first kappa shape index (κ1) is 20.4. The van der Waals surface area contributed by atoms with Crippen LogP contribution >= 0.6 is 0 Å². The average Bonchev–Trinajstić information content (AvgIpc) is 2.75. The molecule has 8 heteroatoms. The maximum Gasteiger partial charge on any atom is 0.349 e. The van der Waals surface area contributed by atoms with Gasteiger partial charge in [0, 0.05) is 5.56 Å². The Bertz CT molecular complexity index is 1130. The van der Waals surface area contributed by atoms with E-state index in [-0.39, 0.29) is 5.75 Å². The summed E-state index contributed by atoms with van der Waals surface area (Å²) in [5, 5.41) is 12.6. The highest BCUT2D eigenvalue weighted by Crippen LogP contribution is 2.17. The minimum absolute atomic E-state index is 0.0846. The smallest absolute Gasteiger partial charge is 0.349 e. The van der Waals surface area contributed by atoms with Crippen molar-refractivity contribution in [1.29, 1.82) is 5.26 Å². The predicted molar refractivity (Wildman–Crippen MR) is 104 cm³/mol. The molecular formula is C22H13F2N3O3. The van der Waals surface area contributed by atoms with Crippen molar-refractivity contribution < 1.29 is 23.1 Å². The molecule has 1 amide bonds. The van der Waals surface area contributed by atoms with Gasteiger partial charge in [-0.2, -0.15) is 10.4 Å². The van der Waals surface area contributed by atoms with E-state index in [4.69, 9.17) is 10.00 Å². The van der Waals surface area contributed by atoms with E-state index < -0.39 is 29.1 Å². The molecule has 3 rings (SSSR count). The molecule has 0 radical (unpaired) electrons. The van der Waals surface area contributed by atoms with Gasteiger partial charge in [-0.25, -0.2) is 19.0 Å². The van der Waals surface area contributed by atoms with Crippen LogP contribution in [0.15, 0.2) is 71.8 Å². The molecular weight excluding hydrogens is 392 g/mol. The van der Waals surface area contributed by atoms with Crippen molar-refractivity contribution in [1.82, 2.24) is 5.43 Å². The van der Waals surface area contributed by atoms with E-state index in [9.17, 15) is 18.4 Å². The van der Waals surface area contributed by atoms with E-state index in [2.05, 4.69) is 10.5 Å². The van der Waals surface area contributed by atoms with Gasteiger partial charge in [-0.1, -0.05) is 6.07 Å². The third-order valence-electron chi connectivity index (χ3n) is 3.91. The van der Waals surface area contributed by atoms with Crippen LogP contribution in [-0.4, -0.2) is 18.1 Å². The van der Waals surface area contributed by atoms with Crippen LogP contribution in [0.1, 0.15) is 31.8 Å². The van der Waals surface area contributed by atoms with Gasteiger partial charge in [-0.3, -0.25) is 4.79 Å². The number of benzene rings is 3. The standard InChI is InChI=1S/C22H13F2N3O3/c23-18-2-1-3-19(24)20(18)22(29)30-17-10-6-15(7-11-17)13-26-27-21(28)16-8-4-14(12-25)5-9-16/h1-11,13H,(H,27,28)/b26-13-. The second-order valence-corrected chi connectivity index (χ2v) is 5.94. The van der Waals surface area contributed by atoms with Crippen LogP contribution in [0.2, 0.25) is 0 Å². The molecule has 0 bridgehead atoms. The van der Waals surface area contributed by atoms with Crippen LogP contribution in [-0.2, 0) is 0 Å². The molecule has 0 atom stereocenters. The van der Waals surface area contributed by atoms with Crippen LogP contribution in [0.3, 0.4) is 0 Å². The Balaban J connectivity index is 1.59. The molecule has 0 aliphatic heterocycles. The SMILES string of the molecule is N#Cc1ccc(C(=O)N/N=C\c2ccc(OC(=O)c3c(F)cccc3F)cc2)cc1. The molecule has 0 aliphatic rings. The van der Waals surface area contributed by atoms with Crippen LogP contribution in [0.4, 0.5) is 8.78 Å². The fraction of sp³-hybridized carbons (Fsp3) is 0. The Labute approximate surface area is 170 Å². The number of carbonyl (C=O) groups excluding carboxylic acids is 2. The van der Waals surface area contributed by atoms with Crippen molar-refractivity contribution in [2.75, 3.05) is 0 Å². The number of esters is 1. The summed E-state index contributed by atoms with van der Waals surface area (Å²) in [6.07, 6.45) is 1.36. The normalized spacial score (nSPS) is 10.4. The van der Waals surface area contributed by atoms with E-state index in [1.807, 2.05) is 6.07 Å². The molecule has 1 N–H and O–H groups in total. The number of rotatable bonds is 5. The number of carbonyl (C=O) groups is 2. The molecule has 0 fully saturated rings. The number of halogens is 2. The van der Waals surface area contributed by atoms with E-state index >= 15 is 0 Å². The lowest BCUT2D eigenvalue weighted by atomic mass is 10.1. The van der Waals surface area contributed by atoms with E-state index in [0.29, 0.717) is 16.7 Å². The van der Waals surface area contributed by atoms with Crippen LogP contribution in [0, 0.1) is 23.0 Å². The molecule has 0 aromatic heterocycles. The van der Waals surface area contributed by atoms with Gasteiger partial charge in [0.25, 0.3) is 5.91 Å². The highest BCUT2D eigenvalue weighted by Gasteiger charge is 2.19. The fourth-order valence-electron chi connectivity index (χ4n) is 2.40. The highest BCUT2D eigenvalue weighted by atomic mass is 19.1. The van der Waals surface area contributed by atoms with Gasteiger partial charge in [0.05, 0.1) is 17.8 Å². The monoisotopic (exact) mass is 405 g/mol. The number of ether oxygens (including phenoxy) is 1. The van der Waals surface area contributed by atoms with Crippen molar-refractivity contribution in [3.05, 3.63) is 101 Å². The van der Waals surface area contributed by atoms with Gasteiger partial charge in [0.2, 0.25) is 0 Å². The minimum atomic E-state index is -1.15. The molecule has 3 aromatic rings. The summed E-state index contributed by atoms with van der Waals surface area (Å²) in [5.74, 6) is -3.54. The number of hydrazone groups is 1. The van der Waals surface area contributed by atoms with Crippen LogP contribution in [0.25, 0.3) is 0 Å². The quantitative estimate of drug-likeness (QED) is 0.302. The Morgan fingerprint density at radius 2 is 1.60 bits per heavy atom. The number of nitriles is 1. The summed E-state index contributed by atoms with van der Waals surface area (Å²) >= 11 is 0. The summed E-state index contributed by atoms with van der Waals surface area (Å²) in [6.45, 7) is 0. The second-order valence-electron chi connectivity index (χ2n) is 5.94. The lowest BCUT2D eigenvalue weighted by molar-refractivity contribution is 0.0724. The summed E-state index contributed by atoms with van der Waals surface area (Å²) in [6, 6.07) is 17.0. The van der Waals surface area contributed by atoms with Gasteiger partial charge in [-0.15, -0.1) is 0 Å². The summed E-state index contributed by atoms with van der Waals surface area (Å²) in [4.78, 5) is 23.9. The van der Waals surface area contributed by atoms with Gasteiger partial charge in [0.1, 0.15) is 22.9 Å². The van der Waals surface area contributed by atoms with Crippen LogP contribution in [0.5, 0.6) is 5.75 Å². The number of hydrogen-bond donors (Lipinski definition) is 1. The van der Waals surface area contributed by atoms with Crippen molar-refractivity contribution in [3.8, 4) is 11.8 Å². The number of amides is 1. The summed E-state index contributed by atoms with van der Waals surface area (Å²) in [7, 11) is 0. The Morgan fingerprint density at radius 1 is 0.967 bits per heavy atom. The molecule has 0 heterocycles. The molecule has 0 unspecified atom stereocenters. The second kappa shape index (κ2) is 9.21. The van der Waals surface area contributed by atoms with E-state index in [1.54, 1.807) is 0 Å². The van der Waals surface area contributed by atoms with Gasteiger partial charge in [-0.05, 0) is 66.2 Å². The third kappa shape index (κ3) is 4.91. The average molecular weight is 405 g/mol. The van der Waals surface area contributed by atoms with Gasteiger partial charge >= 0.3 is 5.97 Å². The van der Waals surface area contributed by atoms with Crippen molar-refractivity contribution in [3.63, 3.8) is 0 Å². The minimum Gasteiger partial charge on any atom is -0.423 e. The fourth-order valence-corrected chi connectivity index (χ4v) is 2.40. The number of nitrogens with zero attached hydrogens (tertiary/aromatic N) is 2. The Morgan fingerprint density at radius 3 is 2.20 bits per heavy atom. The highest BCUT2D eigenvalue weighted by molar-refractivity contribution is 5.95. The number of hydrogen-bond acceptors (Lipinski definition) is 5.